The molecule has 20 heavy (non-hydrogen) atoms. The Morgan fingerprint density at radius 3 is 2.90 bits per heavy atom. The highest BCUT2D eigenvalue weighted by Gasteiger charge is 2.42. The first-order valence-corrected chi connectivity index (χ1v) is 6.93. The van der Waals surface area contributed by atoms with Crippen LogP contribution in [-0.4, -0.2) is 44.1 Å². The summed E-state index contributed by atoms with van der Waals surface area (Å²) in [6, 6.07) is 0. The molecule has 3 aliphatic heterocycles. The van der Waals surface area contributed by atoms with Crippen LogP contribution in [0.25, 0.3) is 0 Å². The predicted molar refractivity (Wildman–Crippen MR) is 76.4 cm³/mol. The van der Waals surface area contributed by atoms with E-state index in [1.807, 2.05) is 0 Å². The first kappa shape index (κ1) is 13.6. The zero-order valence-electron chi connectivity index (χ0n) is 11.0. The predicted octanol–water partition coefficient (Wildman–Crippen LogP) is -1.26. The van der Waals surface area contributed by atoms with E-state index in [1.165, 1.54) is 0 Å². The molecule has 0 aromatic carbocycles. The Hall–Kier alpha value is -1.42. The van der Waals surface area contributed by atoms with Crippen LogP contribution in [0.4, 0.5) is 0 Å². The smallest absolute Gasteiger partial charge is 0.154 e. The van der Waals surface area contributed by atoms with E-state index in [2.05, 4.69) is 28.6 Å². The third-order valence-electron chi connectivity index (χ3n) is 3.42. The summed E-state index contributed by atoms with van der Waals surface area (Å²) in [5.74, 6) is 0.434. The summed E-state index contributed by atoms with van der Waals surface area (Å²) in [6.45, 7) is 1.65. The van der Waals surface area contributed by atoms with Crippen LogP contribution >= 0.6 is 12.6 Å². The Morgan fingerprint density at radius 2 is 2.20 bits per heavy atom. The van der Waals surface area contributed by atoms with Crippen LogP contribution < -0.4 is 16.7 Å². The minimum atomic E-state index is -0.676. The van der Waals surface area contributed by atoms with Crippen LogP contribution in [0.1, 0.15) is 19.8 Å². The Labute approximate surface area is 122 Å². The number of hydrogen-bond acceptors (Lipinski definition) is 9. The molecule has 3 rings (SSSR count). The molecule has 3 aliphatic rings. The number of nitrogens with zero attached hydrogens (tertiary/aromatic N) is 3. The Balaban J connectivity index is 1.75. The summed E-state index contributed by atoms with van der Waals surface area (Å²) < 4.78 is 0. The second kappa shape index (κ2) is 4.85. The number of nitrogens with two attached hydrogens (primary N) is 1. The van der Waals surface area contributed by atoms with Crippen molar-refractivity contribution < 1.29 is 10.2 Å². The largest absolute Gasteiger partial charge is 0.393 e. The maximum Gasteiger partial charge on any atom is 0.154 e. The van der Waals surface area contributed by atoms with Gasteiger partial charge in [-0.05, 0) is 6.92 Å². The number of hydrogen-bond donors (Lipinski definition) is 6. The molecule has 6 N–H and O–H groups in total. The lowest BCUT2D eigenvalue weighted by atomic mass is 10.0. The molecular formula is C11H18N6O2S. The zero-order chi connectivity index (χ0) is 14.4. The average molecular weight is 298 g/mol. The van der Waals surface area contributed by atoms with Crippen molar-refractivity contribution in [2.75, 3.05) is 0 Å². The molecule has 1 saturated heterocycles. The van der Waals surface area contributed by atoms with E-state index >= 15 is 0 Å². The summed E-state index contributed by atoms with van der Waals surface area (Å²) in [6.07, 6.45) is 1.21. The van der Waals surface area contributed by atoms with Gasteiger partial charge in [0.2, 0.25) is 0 Å². The number of hydrazine groups is 3. The Morgan fingerprint density at radius 1 is 1.45 bits per heavy atom. The van der Waals surface area contributed by atoms with Gasteiger partial charge in [0.05, 0.1) is 17.9 Å². The van der Waals surface area contributed by atoms with E-state index in [1.54, 1.807) is 23.4 Å². The van der Waals surface area contributed by atoms with E-state index in [9.17, 15) is 10.2 Å². The van der Waals surface area contributed by atoms with Gasteiger partial charge in [0.15, 0.2) is 5.82 Å². The van der Waals surface area contributed by atoms with E-state index in [0.29, 0.717) is 18.7 Å². The molecule has 110 valence electrons. The molecule has 9 heteroatoms. The van der Waals surface area contributed by atoms with Crippen molar-refractivity contribution >= 4 is 19.0 Å². The van der Waals surface area contributed by atoms with Crippen molar-refractivity contribution in [3.63, 3.8) is 0 Å². The summed E-state index contributed by atoms with van der Waals surface area (Å²) in [4.78, 5) is 4.06. The van der Waals surface area contributed by atoms with Crippen LogP contribution in [0.2, 0.25) is 0 Å². The van der Waals surface area contributed by atoms with Gasteiger partial charge < -0.3 is 15.9 Å². The molecule has 0 saturated carbocycles. The SMILES string of the molecule is CC(O)C[C@@H](O)[C@@H](S)CC1=C2C3=C(N)N=CN2NN3N1. The van der Waals surface area contributed by atoms with Crippen molar-refractivity contribution in [2.24, 2.45) is 10.7 Å². The lowest BCUT2D eigenvalue weighted by molar-refractivity contribution is 0.0866. The van der Waals surface area contributed by atoms with Gasteiger partial charge in [0.1, 0.15) is 17.7 Å². The van der Waals surface area contributed by atoms with Crippen LogP contribution in [0.5, 0.6) is 0 Å². The number of allylic oxidation sites excluding steroid dienone is 1. The minimum Gasteiger partial charge on any atom is -0.393 e. The number of thiol groups is 1. The standard InChI is InChI=1S/C11H18N6O2S/c1-5(18)2-7(19)8(20)3-6-9-10-11(12)13-4-16(9)15-17(10)14-6/h4-5,7-8,14-15,18-20H,2-3,12H2,1H3/t5?,7-,8+/m1/s1. The van der Waals surface area contributed by atoms with Crippen molar-refractivity contribution in [2.45, 2.75) is 37.2 Å². The van der Waals surface area contributed by atoms with Crippen LogP contribution in [0.15, 0.2) is 27.9 Å². The fourth-order valence-corrected chi connectivity index (χ4v) is 2.78. The van der Waals surface area contributed by atoms with Crippen LogP contribution in [0.3, 0.4) is 0 Å². The molecule has 0 radical (unpaired) electrons. The van der Waals surface area contributed by atoms with Crippen molar-refractivity contribution in [1.82, 2.24) is 21.1 Å². The maximum absolute atomic E-state index is 9.98. The monoisotopic (exact) mass is 298 g/mol. The highest BCUT2D eigenvalue weighted by atomic mass is 32.1. The fourth-order valence-electron chi connectivity index (χ4n) is 2.48. The number of rotatable bonds is 5. The van der Waals surface area contributed by atoms with Gasteiger partial charge in [-0.2, -0.15) is 17.7 Å². The Bertz CT molecular complexity index is 517. The lowest BCUT2D eigenvalue weighted by Gasteiger charge is -2.27. The highest BCUT2D eigenvalue weighted by Crippen LogP contribution is 2.36. The van der Waals surface area contributed by atoms with Gasteiger partial charge in [0.25, 0.3) is 0 Å². The highest BCUT2D eigenvalue weighted by molar-refractivity contribution is 7.81. The van der Waals surface area contributed by atoms with Crippen molar-refractivity contribution in [1.29, 1.82) is 0 Å². The third-order valence-corrected chi connectivity index (χ3v) is 3.95. The number of aliphatic hydroxyl groups is 2. The van der Waals surface area contributed by atoms with Gasteiger partial charge in [-0.3, -0.25) is 5.43 Å². The number of aliphatic imine (C=N–C) groups is 1. The van der Waals surface area contributed by atoms with Crippen LogP contribution in [-0.2, 0) is 0 Å². The first-order chi connectivity index (χ1) is 9.47. The quantitative estimate of drug-likeness (QED) is 0.352. The maximum atomic E-state index is 9.98. The molecule has 8 nitrogen and oxygen atoms in total. The molecule has 0 aromatic rings. The summed E-state index contributed by atoms with van der Waals surface area (Å²) in [7, 11) is 0. The van der Waals surface area contributed by atoms with Gasteiger partial charge in [0, 0.05) is 18.1 Å². The van der Waals surface area contributed by atoms with Crippen LogP contribution in [0, 0.1) is 0 Å². The molecule has 0 spiro atoms. The summed E-state index contributed by atoms with van der Waals surface area (Å²) in [5, 5.41) is 22.5. The number of nitrogens with one attached hydrogen (secondary N) is 2. The zero-order valence-corrected chi connectivity index (χ0v) is 11.9. The molecule has 3 atom stereocenters. The molecule has 0 amide bonds. The topological polar surface area (TPSA) is 109 Å². The van der Waals surface area contributed by atoms with Gasteiger partial charge in [-0.25, -0.2) is 10.0 Å². The van der Waals surface area contributed by atoms with Gasteiger partial charge in [-0.15, -0.1) is 5.53 Å². The minimum absolute atomic E-state index is 0.277. The molecular weight excluding hydrogens is 280 g/mol. The fraction of sp³-hybridized carbons (Fsp3) is 0.545. The van der Waals surface area contributed by atoms with E-state index in [0.717, 1.165) is 17.1 Å². The second-order valence-electron chi connectivity index (χ2n) is 5.15. The molecule has 1 fully saturated rings. The normalized spacial score (nSPS) is 24.4. The summed E-state index contributed by atoms with van der Waals surface area (Å²) >= 11 is 4.42. The van der Waals surface area contributed by atoms with E-state index < -0.39 is 12.2 Å². The molecule has 4 bridgehead atoms. The number of aliphatic hydroxyl groups excluding tert-OH is 2. The van der Waals surface area contributed by atoms with Crippen molar-refractivity contribution in [3.05, 3.63) is 22.9 Å². The first-order valence-electron chi connectivity index (χ1n) is 6.41. The molecule has 0 aromatic heterocycles. The lowest BCUT2D eigenvalue weighted by Crippen LogP contribution is -2.48. The summed E-state index contributed by atoms with van der Waals surface area (Å²) in [5.41, 5.74) is 14.6. The van der Waals surface area contributed by atoms with E-state index in [-0.39, 0.29) is 5.25 Å². The van der Waals surface area contributed by atoms with Gasteiger partial charge in [-0.1, -0.05) is 0 Å². The van der Waals surface area contributed by atoms with Gasteiger partial charge >= 0.3 is 0 Å². The molecule has 0 aliphatic carbocycles. The van der Waals surface area contributed by atoms with E-state index in [4.69, 9.17) is 5.73 Å². The second-order valence-corrected chi connectivity index (χ2v) is 5.81. The Kier molecular flexibility index (Phi) is 3.28. The molecule has 1 unspecified atom stereocenters. The average Bonchev–Trinajstić information content (AvgIpc) is 2.85. The van der Waals surface area contributed by atoms with Crippen molar-refractivity contribution in [3.8, 4) is 0 Å². The molecule has 3 heterocycles. The third kappa shape index (κ3) is 2.12.